The Morgan fingerprint density at radius 2 is 2.25 bits per heavy atom. The molecule has 1 aliphatic heterocycles. The van der Waals surface area contributed by atoms with E-state index in [4.69, 9.17) is 5.73 Å². The lowest BCUT2D eigenvalue weighted by atomic mass is 10.0. The third-order valence-electron chi connectivity index (χ3n) is 4.06. The molecule has 1 aliphatic rings. The van der Waals surface area contributed by atoms with E-state index in [0.29, 0.717) is 25.1 Å². The smallest absolute Gasteiger partial charge is 0.252 e. The van der Waals surface area contributed by atoms with Crippen LogP contribution in [0.15, 0.2) is 36.7 Å². The largest absolute Gasteiger partial charge is 0.379 e. The standard InChI is InChI=1S/C17H20FN5O/c18-14-10-20-6-4-15(14)23-16-8-12(22-9-13(16)17(19)24)7-11-3-1-2-5-21-11/h1-3,5,8-9,14-15,20H,4,6-7,10H2,(H2,19,24)(H,22,23)/t14-,15+/m0/s1. The van der Waals surface area contributed by atoms with Crippen molar-refractivity contribution in [2.24, 2.45) is 5.73 Å². The van der Waals surface area contributed by atoms with Gasteiger partial charge in [-0.1, -0.05) is 6.07 Å². The van der Waals surface area contributed by atoms with E-state index >= 15 is 0 Å². The maximum absolute atomic E-state index is 14.0. The van der Waals surface area contributed by atoms with Crippen LogP contribution in [0.5, 0.6) is 0 Å². The number of nitrogens with one attached hydrogen (secondary N) is 2. The van der Waals surface area contributed by atoms with Crippen LogP contribution in [-0.4, -0.2) is 41.2 Å². The number of amides is 1. The van der Waals surface area contributed by atoms with Crippen LogP contribution < -0.4 is 16.4 Å². The van der Waals surface area contributed by atoms with Crippen molar-refractivity contribution in [2.75, 3.05) is 18.4 Å². The van der Waals surface area contributed by atoms with Crippen LogP contribution >= 0.6 is 0 Å². The second-order valence-electron chi connectivity index (χ2n) is 5.84. The summed E-state index contributed by atoms with van der Waals surface area (Å²) in [6.07, 6.45) is 3.30. The highest BCUT2D eigenvalue weighted by Gasteiger charge is 2.25. The molecule has 0 aromatic carbocycles. The summed E-state index contributed by atoms with van der Waals surface area (Å²) >= 11 is 0. The summed E-state index contributed by atoms with van der Waals surface area (Å²) in [5.74, 6) is -0.585. The first kappa shape index (κ1) is 16.3. The lowest BCUT2D eigenvalue weighted by Crippen LogP contribution is -2.45. The van der Waals surface area contributed by atoms with Gasteiger partial charge in [-0.2, -0.15) is 0 Å². The Kier molecular flexibility index (Phi) is 5.00. The second-order valence-corrected chi connectivity index (χ2v) is 5.84. The molecule has 0 radical (unpaired) electrons. The van der Waals surface area contributed by atoms with Gasteiger partial charge < -0.3 is 16.4 Å². The molecule has 3 rings (SSSR count). The average Bonchev–Trinajstić information content (AvgIpc) is 2.58. The quantitative estimate of drug-likeness (QED) is 0.768. The molecule has 24 heavy (non-hydrogen) atoms. The minimum atomic E-state index is -1.02. The number of hydrogen-bond acceptors (Lipinski definition) is 5. The summed E-state index contributed by atoms with van der Waals surface area (Å²) in [7, 11) is 0. The number of anilines is 1. The van der Waals surface area contributed by atoms with Crippen LogP contribution in [0.2, 0.25) is 0 Å². The van der Waals surface area contributed by atoms with Crippen molar-refractivity contribution in [3.8, 4) is 0 Å². The van der Waals surface area contributed by atoms with Crippen LogP contribution in [0.4, 0.5) is 10.1 Å². The topological polar surface area (TPSA) is 92.9 Å². The molecule has 6 nitrogen and oxygen atoms in total. The second kappa shape index (κ2) is 7.35. The Labute approximate surface area is 139 Å². The zero-order valence-corrected chi connectivity index (χ0v) is 13.2. The lowest BCUT2D eigenvalue weighted by molar-refractivity contribution is 0.100. The van der Waals surface area contributed by atoms with E-state index in [1.54, 1.807) is 12.3 Å². The average molecular weight is 329 g/mol. The maximum atomic E-state index is 14.0. The molecule has 2 aromatic rings. The van der Waals surface area contributed by atoms with Gasteiger partial charge in [0.25, 0.3) is 5.91 Å². The van der Waals surface area contributed by atoms with E-state index in [1.807, 2.05) is 18.2 Å². The molecule has 0 aliphatic carbocycles. The predicted molar refractivity (Wildman–Crippen MR) is 89.6 cm³/mol. The number of nitrogens with zero attached hydrogens (tertiary/aromatic N) is 2. The van der Waals surface area contributed by atoms with E-state index in [0.717, 1.165) is 17.9 Å². The van der Waals surface area contributed by atoms with Gasteiger partial charge >= 0.3 is 0 Å². The molecular weight excluding hydrogens is 309 g/mol. The Morgan fingerprint density at radius 1 is 1.38 bits per heavy atom. The van der Waals surface area contributed by atoms with Crippen LogP contribution in [0.1, 0.15) is 28.2 Å². The van der Waals surface area contributed by atoms with E-state index in [2.05, 4.69) is 20.6 Å². The molecule has 0 bridgehead atoms. The Morgan fingerprint density at radius 3 is 2.96 bits per heavy atom. The zero-order chi connectivity index (χ0) is 16.9. The predicted octanol–water partition coefficient (Wildman–Crippen LogP) is 1.28. The molecule has 0 spiro atoms. The van der Waals surface area contributed by atoms with Gasteiger partial charge in [0, 0.05) is 36.7 Å². The highest BCUT2D eigenvalue weighted by atomic mass is 19.1. The summed E-state index contributed by atoms with van der Waals surface area (Å²) < 4.78 is 14.0. The normalized spacial score (nSPS) is 20.5. The number of alkyl halides is 1. The molecule has 0 saturated carbocycles. The molecular formula is C17H20FN5O. The lowest BCUT2D eigenvalue weighted by Gasteiger charge is -2.29. The van der Waals surface area contributed by atoms with Crippen LogP contribution in [0.3, 0.4) is 0 Å². The van der Waals surface area contributed by atoms with E-state index in [9.17, 15) is 9.18 Å². The molecule has 1 saturated heterocycles. The Hall–Kier alpha value is -2.54. The summed E-state index contributed by atoms with van der Waals surface area (Å²) in [6.45, 7) is 1.03. The number of pyridine rings is 2. The van der Waals surface area contributed by atoms with Crippen molar-refractivity contribution in [1.29, 1.82) is 0 Å². The van der Waals surface area contributed by atoms with Gasteiger partial charge in [0.1, 0.15) is 6.17 Å². The number of carbonyl (C=O) groups is 1. The van der Waals surface area contributed by atoms with Gasteiger partial charge in [0.05, 0.1) is 17.3 Å². The molecule has 126 valence electrons. The molecule has 1 fully saturated rings. The number of rotatable bonds is 5. The van der Waals surface area contributed by atoms with Crippen molar-refractivity contribution in [2.45, 2.75) is 25.1 Å². The molecule has 3 heterocycles. The van der Waals surface area contributed by atoms with Crippen LogP contribution in [0.25, 0.3) is 0 Å². The first-order valence-corrected chi connectivity index (χ1v) is 7.93. The fourth-order valence-corrected chi connectivity index (χ4v) is 2.78. The van der Waals surface area contributed by atoms with E-state index in [1.165, 1.54) is 6.20 Å². The third-order valence-corrected chi connectivity index (χ3v) is 4.06. The highest BCUT2D eigenvalue weighted by Crippen LogP contribution is 2.21. The van der Waals surface area contributed by atoms with Crippen molar-refractivity contribution >= 4 is 11.6 Å². The Balaban J connectivity index is 1.84. The summed E-state index contributed by atoms with van der Waals surface area (Å²) in [6, 6.07) is 7.06. The minimum Gasteiger partial charge on any atom is -0.379 e. The van der Waals surface area contributed by atoms with Gasteiger partial charge in [0.15, 0.2) is 0 Å². The monoisotopic (exact) mass is 329 g/mol. The van der Waals surface area contributed by atoms with Crippen LogP contribution in [0, 0.1) is 0 Å². The SMILES string of the molecule is NC(=O)c1cnc(Cc2ccccn2)cc1N[C@@H]1CCNC[C@@H]1F. The molecule has 7 heteroatoms. The van der Waals surface area contributed by atoms with Gasteiger partial charge in [-0.05, 0) is 31.2 Å². The molecule has 0 unspecified atom stereocenters. The number of piperidine rings is 1. The minimum absolute atomic E-state index is 0.269. The molecule has 2 atom stereocenters. The van der Waals surface area contributed by atoms with Crippen molar-refractivity contribution in [3.63, 3.8) is 0 Å². The van der Waals surface area contributed by atoms with Gasteiger partial charge in [-0.25, -0.2) is 4.39 Å². The highest BCUT2D eigenvalue weighted by molar-refractivity contribution is 5.98. The first-order valence-electron chi connectivity index (χ1n) is 7.93. The summed E-state index contributed by atoms with van der Waals surface area (Å²) in [5, 5.41) is 6.13. The van der Waals surface area contributed by atoms with E-state index in [-0.39, 0.29) is 11.6 Å². The third kappa shape index (κ3) is 3.86. The van der Waals surface area contributed by atoms with Crippen LogP contribution in [-0.2, 0) is 6.42 Å². The first-order chi connectivity index (χ1) is 11.6. The number of primary amides is 1. The zero-order valence-electron chi connectivity index (χ0n) is 13.2. The molecule has 4 N–H and O–H groups in total. The number of nitrogens with two attached hydrogens (primary N) is 1. The van der Waals surface area contributed by atoms with Gasteiger partial charge in [-0.15, -0.1) is 0 Å². The maximum Gasteiger partial charge on any atom is 0.252 e. The summed E-state index contributed by atoms with van der Waals surface area (Å²) in [4.78, 5) is 20.2. The van der Waals surface area contributed by atoms with Gasteiger partial charge in [-0.3, -0.25) is 14.8 Å². The van der Waals surface area contributed by atoms with Crippen molar-refractivity contribution in [3.05, 3.63) is 53.6 Å². The van der Waals surface area contributed by atoms with Crippen molar-refractivity contribution < 1.29 is 9.18 Å². The number of carbonyl (C=O) groups excluding carboxylic acids is 1. The number of halogens is 1. The summed E-state index contributed by atoms with van der Waals surface area (Å²) in [5.41, 5.74) is 7.82. The van der Waals surface area contributed by atoms with Crippen molar-refractivity contribution in [1.82, 2.24) is 15.3 Å². The fourth-order valence-electron chi connectivity index (χ4n) is 2.78. The number of hydrogen-bond donors (Lipinski definition) is 3. The Bertz CT molecular complexity index is 709. The fraction of sp³-hybridized carbons (Fsp3) is 0.353. The number of aromatic nitrogens is 2. The molecule has 2 aromatic heterocycles. The van der Waals surface area contributed by atoms with Gasteiger partial charge in [0.2, 0.25) is 0 Å². The molecule has 1 amide bonds. The van der Waals surface area contributed by atoms with E-state index < -0.39 is 12.1 Å².